The minimum absolute atomic E-state index is 0.0703. The molecule has 0 saturated heterocycles. The van der Waals surface area contributed by atoms with E-state index >= 15 is 0 Å². The molecule has 0 heterocycles. The Labute approximate surface area is 115 Å². The van der Waals surface area contributed by atoms with Crippen LogP contribution in [0, 0.1) is 24.6 Å². The van der Waals surface area contributed by atoms with Crippen molar-refractivity contribution < 1.29 is 4.39 Å². The molecule has 1 aromatic carbocycles. The fourth-order valence-corrected chi connectivity index (χ4v) is 3.57. The van der Waals surface area contributed by atoms with Gasteiger partial charge < -0.3 is 0 Å². The number of halogens is 1. The lowest BCUT2D eigenvalue weighted by Crippen LogP contribution is -2.38. The van der Waals surface area contributed by atoms with Crippen molar-refractivity contribution in [3.05, 3.63) is 35.1 Å². The maximum absolute atomic E-state index is 13.5. The van der Waals surface area contributed by atoms with Crippen LogP contribution >= 0.6 is 0 Å². The maximum Gasteiger partial charge on any atom is 0.123 e. The molecule has 3 N–H and O–H groups in total. The summed E-state index contributed by atoms with van der Waals surface area (Å²) >= 11 is 0. The minimum Gasteiger partial charge on any atom is -0.271 e. The number of hydrogen-bond donors (Lipinski definition) is 2. The molecule has 0 aliphatic heterocycles. The van der Waals surface area contributed by atoms with Gasteiger partial charge in [0.2, 0.25) is 0 Å². The molecule has 1 fully saturated rings. The van der Waals surface area contributed by atoms with Crippen LogP contribution in [0.5, 0.6) is 0 Å². The molecule has 1 saturated carbocycles. The summed E-state index contributed by atoms with van der Waals surface area (Å²) in [6.45, 7) is 4.28. The fraction of sp³-hybridized carbons (Fsp3) is 0.625. The van der Waals surface area contributed by atoms with Gasteiger partial charge in [0.05, 0.1) is 0 Å². The van der Waals surface area contributed by atoms with Crippen molar-refractivity contribution >= 4 is 0 Å². The lowest BCUT2D eigenvalue weighted by Gasteiger charge is -2.37. The Bertz CT molecular complexity index is 419. The predicted octanol–water partition coefficient (Wildman–Crippen LogP) is 3.85. The second-order valence-corrected chi connectivity index (χ2v) is 5.76. The first-order valence-electron chi connectivity index (χ1n) is 7.39. The van der Waals surface area contributed by atoms with Gasteiger partial charge in [0.15, 0.2) is 0 Å². The van der Waals surface area contributed by atoms with E-state index in [1.807, 2.05) is 13.0 Å². The molecule has 1 aromatic rings. The SMILES string of the molecule is CCC1CCCCC1C(NN)c1cc(F)ccc1C. The third-order valence-electron chi connectivity index (χ3n) is 4.68. The molecular formula is C16H25FN2. The number of hydrazine groups is 1. The molecule has 2 nitrogen and oxygen atoms in total. The molecule has 1 aliphatic carbocycles. The topological polar surface area (TPSA) is 38.0 Å². The van der Waals surface area contributed by atoms with Crippen molar-refractivity contribution in [3.63, 3.8) is 0 Å². The monoisotopic (exact) mass is 264 g/mol. The van der Waals surface area contributed by atoms with Gasteiger partial charge in [0.25, 0.3) is 0 Å². The summed E-state index contributed by atoms with van der Waals surface area (Å²) in [5.41, 5.74) is 5.09. The van der Waals surface area contributed by atoms with E-state index in [2.05, 4.69) is 12.3 Å². The maximum atomic E-state index is 13.5. The van der Waals surface area contributed by atoms with Gasteiger partial charge >= 0.3 is 0 Å². The van der Waals surface area contributed by atoms with E-state index in [0.29, 0.717) is 11.8 Å². The highest BCUT2D eigenvalue weighted by Gasteiger charge is 2.31. The largest absolute Gasteiger partial charge is 0.271 e. The Hall–Kier alpha value is -0.930. The molecule has 0 radical (unpaired) electrons. The first-order chi connectivity index (χ1) is 9.17. The molecule has 0 amide bonds. The van der Waals surface area contributed by atoms with E-state index in [1.165, 1.54) is 38.2 Å². The zero-order chi connectivity index (χ0) is 13.8. The average Bonchev–Trinajstić information content (AvgIpc) is 2.44. The molecule has 0 spiro atoms. The van der Waals surface area contributed by atoms with Crippen LogP contribution in [0.25, 0.3) is 0 Å². The van der Waals surface area contributed by atoms with Crippen LogP contribution < -0.4 is 11.3 Å². The standard InChI is InChI=1S/C16H25FN2/c1-3-12-6-4-5-7-14(12)16(19-18)15-10-13(17)9-8-11(15)2/h8-10,12,14,16,19H,3-7,18H2,1-2H3. The van der Waals surface area contributed by atoms with Gasteiger partial charge in [0.1, 0.15) is 5.82 Å². The summed E-state index contributed by atoms with van der Waals surface area (Å²) in [7, 11) is 0. The molecule has 2 rings (SSSR count). The third kappa shape index (κ3) is 3.15. The highest BCUT2D eigenvalue weighted by Crippen LogP contribution is 2.40. The van der Waals surface area contributed by atoms with E-state index in [9.17, 15) is 4.39 Å². The first-order valence-corrected chi connectivity index (χ1v) is 7.39. The third-order valence-corrected chi connectivity index (χ3v) is 4.68. The van der Waals surface area contributed by atoms with E-state index in [-0.39, 0.29) is 11.9 Å². The summed E-state index contributed by atoms with van der Waals surface area (Å²) in [4.78, 5) is 0. The molecule has 19 heavy (non-hydrogen) atoms. The van der Waals surface area contributed by atoms with Crippen molar-refractivity contribution in [2.45, 2.75) is 52.0 Å². The lowest BCUT2D eigenvalue weighted by atomic mass is 9.72. The lowest BCUT2D eigenvalue weighted by molar-refractivity contribution is 0.175. The zero-order valence-electron chi connectivity index (χ0n) is 12.0. The van der Waals surface area contributed by atoms with Crippen molar-refractivity contribution in [1.82, 2.24) is 5.43 Å². The van der Waals surface area contributed by atoms with Gasteiger partial charge in [-0.3, -0.25) is 11.3 Å². The fourth-order valence-electron chi connectivity index (χ4n) is 3.57. The minimum atomic E-state index is -0.176. The van der Waals surface area contributed by atoms with E-state index in [1.54, 1.807) is 6.07 Å². The van der Waals surface area contributed by atoms with Crippen LogP contribution in [0.15, 0.2) is 18.2 Å². The Balaban J connectivity index is 2.29. The van der Waals surface area contributed by atoms with Gasteiger partial charge in [-0.1, -0.05) is 38.7 Å². The second-order valence-electron chi connectivity index (χ2n) is 5.76. The van der Waals surface area contributed by atoms with Crippen molar-refractivity contribution in [3.8, 4) is 0 Å². The van der Waals surface area contributed by atoms with Crippen LogP contribution in [0.1, 0.15) is 56.2 Å². The number of nitrogens with one attached hydrogen (secondary N) is 1. The van der Waals surface area contributed by atoms with Crippen molar-refractivity contribution in [2.24, 2.45) is 17.7 Å². The van der Waals surface area contributed by atoms with E-state index < -0.39 is 0 Å². The number of nitrogens with two attached hydrogens (primary N) is 1. The molecule has 3 unspecified atom stereocenters. The Kier molecular flexibility index (Phi) is 4.94. The van der Waals surface area contributed by atoms with Crippen LogP contribution in [-0.4, -0.2) is 0 Å². The number of benzene rings is 1. The van der Waals surface area contributed by atoms with E-state index in [4.69, 9.17) is 5.84 Å². The highest BCUT2D eigenvalue weighted by molar-refractivity contribution is 5.30. The molecule has 106 valence electrons. The summed E-state index contributed by atoms with van der Waals surface area (Å²) < 4.78 is 13.5. The number of aryl methyl sites for hydroxylation is 1. The Morgan fingerprint density at radius 3 is 2.79 bits per heavy atom. The van der Waals surface area contributed by atoms with Crippen LogP contribution in [0.4, 0.5) is 4.39 Å². The summed E-state index contributed by atoms with van der Waals surface area (Å²) in [5.74, 6) is 6.83. The molecule has 3 heteroatoms. The predicted molar refractivity (Wildman–Crippen MR) is 76.9 cm³/mol. The summed E-state index contributed by atoms with van der Waals surface area (Å²) in [5, 5.41) is 0. The Morgan fingerprint density at radius 2 is 2.11 bits per heavy atom. The highest BCUT2D eigenvalue weighted by atomic mass is 19.1. The summed E-state index contributed by atoms with van der Waals surface area (Å²) in [6.07, 6.45) is 6.20. The molecule has 1 aliphatic rings. The van der Waals surface area contributed by atoms with Gasteiger partial charge in [-0.25, -0.2) is 4.39 Å². The zero-order valence-corrected chi connectivity index (χ0v) is 12.0. The van der Waals surface area contributed by atoms with Crippen molar-refractivity contribution in [1.29, 1.82) is 0 Å². The molecule has 3 atom stereocenters. The van der Waals surface area contributed by atoms with E-state index in [0.717, 1.165) is 11.1 Å². The number of hydrogen-bond acceptors (Lipinski definition) is 2. The average molecular weight is 264 g/mol. The normalized spacial score (nSPS) is 25.3. The first kappa shape index (κ1) is 14.5. The number of rotatable bonds is 4. The molecular weight excluding hydrogens is 239 g/mol. The van der Waals surface area contributed by atoms with Gasteiger partial charge in [-0.05, 0) is 48.4 Å². The van der Waals surface area contributed by atoms with Gasteiger partial charge in [-0.15, -0.1) is 0 Å². The second kappa shape index (κ2) is 6.49. The van der Waals surface area contributed by atoms with Crippen LogP contribution in [-0.2, 0) is 0 Å². The van der Waals surface area contributed by atoms with Crippen molar-refractivity contribution in [2.75, 3.05) is 0 Å². The molecule has 0 aromatic heterocycles. The molecule has 0 bridgehead atoms. The Morgan fingerprint density at radius 1 is 1.37 bits per heavy atom. The smallest absolute Gasteiger partial charge is 0.123 e. The van der Waals surface area contributed by atoms with Crippen LogP contribution in [0.3, 0.4) is 0 Å². The van der Waals surface area contributed by atoms with Crippen LogP contribution in [0.2, 0.25) is 0 Å². The quantitative estimate of drug-likeness (QED) is 0.640. The van der Waals surface area contributed by atoms with Gasteiger partial charge in [0, 0.05) is 6.04 Å². The van der Waals surface area contributed by atoms with Gasteiger partial charge in [-0.2, -0.15) is 0 Å². The summed E-state index contributed by atoms with van der Waals surface area (Å²) in [6, 6.07) is 5.07.